The van der Waals surface area contributed by atoms with Gasteiger partial charge in [0.25, 0.3) is 0 Å². The van der Waals surface area contributed by atoms with Crippen LogP contribution in [0.1, 0.15) is 39.7 Å². The first kappa shape index (κ1) is 24.7. The zero-order chi connectivity index (χ0) is 18.9. The molecule has 0 bridgehead atoms. The van der Waals surface area contributed by atoms with Crippen molar-refractivity contribution >= 4 is 41.5 Å². The van der Waals surface area contributed by atoms with Crippen LogP contribution in [0.3, 0.4) is 0 Å². The van der Waals surface area contributed by atoms with E-state index in [2.05, 4.69) is 20.9 Å². The van der Waals surface area contributed by atoms with Crippen LogP contribution < -0.4 is 16.0 Å². The molecule has 0 aliphatic heterocycles. The normalized spacial score (nSPS) is 12.8. The van der Waals surface area contributed by atoms with Crippen LogP contribution in [0.5, 0.6) is 0 Å². The number of ether oxygens (including phenoxy) is 1. The molecule has 1 aromatic carbocycles. The number of amides is 1. The van der Waals surface area contributed by atoms with Crippen molar-refractivity contribution in [3.8, 4) is 0 Å². The Morgan fingerprint density at radius 1 is 1.31 bits per heavy atom. The maximum atomic E-state index is 12.0. The first-order chi connectivity index (χ1) is 11.8. The van der Waals surface area contributed by atoms with E-state index in [1.165, 1.54) is 0 Å². The Morgan fingerprint density at radius 3 is 2.58 bits per heavy atom. The number of guanidine groups is 1. The SMILES string of the molecule is CCC(C)C(=O)Nc1cccc(CNC(=NC)NCC(C)(C)OC)c1.I. The number of aliphatic imine (C=N–C) groups is 1. The van der Waals surface area contributed by atoms with Crippen molar-refractivity contribution in [3.05, 3.63) is 29.8 Å². The molecule has 0 radical (unpaired) electrons. The average Bonchev–Trinajstić information content (AvgIpc) is 2.61. The minimum Gasteiger partial charge on any atom is -0.377 e. The Kier molecular flexibility index (Phi) is 11.5. The summed E-state index contributed by atoms with van der Waals surface area (Å²) in [6.45, 7) is 9.22. The van der Waals surface area contributed by atoms with Crippen LogP contribution in [0, 0.1) is 5.92 Å². The van der Waals surface area contributed by atoms with E-state index >= 15 is 0 Å². The molecule has 148 valence electrons. The molecule has 1 amide bonds. The Hall–Kier alpha value is -1.35. The van der Waals surface area contributed by atoms with E-state index in [4.69, 9.17) is 4.74 Å². The summed E-state index contributed by atoms with van der Waals surface area (Å²) in [5, 5.41) is 9.47. The lowest BCUT2D eigenvalue weighted by Gasteiger charge is -2.24. The molecule has 0 saturated heterocycles. The number of nitrogens with one attached hydrogen (secondary N) is 3. The Balaban J connectivity index is 0.00000625. The summed E-state index contributed by atoms with van der Waals surface area (Å²) in [5.74, 6) is 0.764. The van der Waals surface area contributed by atoms with Crippen molar-refractivity contribution < 1.29 is 9.53 Å². The zero-order valence-corrected chi connectivity index (χ0v) is 19.0. The van der Waals surface area contributed by atoms with Gasteiger partial charge in [-0.25, -0.2) is 0 Å². The van der Waals surface area contributed by atoms with Gasteiger partial charge >= 0.3 is 0 Å². The highest BCUT2D eigenvalue weighted by Crippen LogP contribution is 2.13. The van der Waals surface area contributed by atoms with Crippen molar-refractivity contribution in [2.75, 3.05) is 26.0 Å². The molecule has 0 aliphatic carbocycles. The fraction of sp³-hybridized carbons (Fsp3) is 0.579. The summed E-state index contributed by atoms with van der Waals surface area (Å²) in [7, 11) is 3.43. The highest BCUT2D eigenvalue weighted by atomic mass is 127. The second-order valence-electron chi connectivity index (χ2n) is 6.74. The van der Waals surface area contributed by atoms with E-state index in [-0.39, 0.29) is 41.4 Å². The molecule has 0 aromatic heterocycles. The molecule has 0 spiro atoms. The maximum Gasteiger partial charge on any atom is 0.227 e. The Bertz CT molecular complexity index is 591. The maximum absolute atomic E-state index is 12.0. The Labute approximate surface area is 174 Å². The smallest absolute Gasteiger partial charge is 0.227 e. The van der Waals surface area contributed by atoms with Crippen LogP contribution in [-0.2, 0) is 16.1 Å². The van der Waals surface area contributed by atoms with E-state index in [1.54, 1.807) is 14.2 Å². The number of halogens is 1. The molecule has 0 fully saturated rings. The van der Waals surface area contributed by atoms with Crippen LogP contribution in [0.25, 0.3) is 0 Å². The second kappa shape index (κ2) is 12.1. The minimum absolute atomic E-state index is 0. The largest absolute Gasteiger partial charge is 0.377 e. The first-order valence-electron chi connectivity index (χ1n) is 8.70. The summed E-state index contributed by atoms with van der Waals surface area (Å²) < 4.78 is 5.39. The van der Waals surface area contributed by atoms with Gasteiger partial charge in [0.05, 0.1) is 5.60 Å². The number of rotatable bonds is 8. The average molecular weight is 476 g/mol. The first-order valence-corrected chi connectivity index (χ1v) is 8.70. The lowest BCUT2D eigenvalue weighted by atomic mass is 10.1. The number of benzene rings is 1. The van der Waals surface area contributed by atoms with Crippen LogP contribution in [0.15, 0.2) is 29.3 Å². The summed E-state index contributed by atoms with van der Waals surface area (Å²) in [4.78, 5) is 16.2. The van der Waals surface area contributed by atoms with Gasteiger partial charge in [-0.3, -0.25) is 9.79 Å². The highest BCUT2D eigenvalue weighted by Gasteiger charge is 2.16. The lowest BCUT2D eigenvalue weighted by molar-refractivity contribution is -0.119. The molecule has 0 saturated carbocycles. The third-order valence-corrected chi connectivity index (χ3v) is 4.17. The van der Waals surface area contributed by atoms with Gasteiger partial charge in [-0.15, -0.1) is 24.0 Å². The summed E-state index contributed by atoms with van der Waals surface area (Å²) in [5.41, 5.74) is 1.61. The quantitative estimate of drug-likeness (QED) is 0.306. The second-order valence-corrected chi connectivity index (χ2v) is 6.74. The number of carbonyl (C=O) groups excluding carboxylic acids is 1. The monoisotopic (exact) mass is 476 g/mol. The van der Waals surface area contributed by atoms with E-state index in [0.29, 0.717) is 19.0 Å². The third-order valence-electron chi connectivity index (χ3n) is 4.17. The predicted molar refractivity (Wildman–Crippen MR) is 119 cm³/mol. The minimum atomic E-state index is -0.266. The molecule has 1 atom stereocenters. The van der Waals surface area contributed by atoms with Gasteiger partial charge in [-0.2, -0.15) is 0 Å². The topological polar surface area (TPSA) is 74.8 Å². The molecule has 7 heteroatoms. The summed E-state index contributed by atoms with van der Waals surface area (Å²) >= 11 is 0. The number of carbonyl (C=O) groups is 1. The van der Waals surface area contributed by atoms with Gasteiger partial charge in [-0.1, -0.05) is 26.0 Å². The molecule has 26 heavy (non-hydrogen) atoms. The molecule has 3 N–H and O–H groups in total. The predicted octanol–water partition coefficient (Wildman–Crippen LogP) is 3.38. The standard InChI is InChI=1S/C19H32N4O2.HI/c1-7-14(2)17(24)23-16-10-8-9-15(11-16)12-21-18(20-5)22-13-19(3,4)25-6;/h8-11,14H,7,12-13H2,1-6H3,(H,23,24)(H2,20,21,22);1H. The van der Waals surface area contributed by atoms with Gasteiger partial charge < -0.3 is 20.7 Å². The van der Waals surface area contributed by atoms with Crippen LogP contribution in [-0.4, -0.2) is 38.2 Å². The van der Waals surface area contributed by atoms with Gasteiger partial charge in [0.1, 0.15) is 0 Å². The zero-order valence-electron chi connectivity index (χ0n) is 16.7. The molecule has 1 rings (SSSR count). The molecular formula is C19H33IN4O2. The van der Waals surface area contributed by atoms with E-state index in [0.717, 1.165) is 17.7 Å². The summed E-state index contributed by atoms with van der Waals surface area (Å²) in [6, 6.07) is 7.82. The van der Waals surface area contributed by atoms with E-state index in [9.17, 15) is 4.79 Å². The van der Waals surface area contributed by atoms with Crippen LogP contribution in [0.4, 0.5) is 5.69 Å². The van der Waals surface area contributed by atoms with Gasteiger partial charge in [0.2, 0.25) is 5.91 Å². The molecule has 0 aliphatic rings. The van der Waals surface area contributed by atoms with Crippen LogP contribution >= 0.6 is 24.0 Å². The number of hydrogen-bond acceptors (Lipinski definition) is 3. The molecular weight excluding hydrogens is 443 g/mol. The Morgan fingerprint density at radius 2 is 2.00 bits per heavy atom. The van der Waals surface area contributed by atoms with Crippen molar-refractivity contribution in [1.29, 1.82) is 0 Å². The van der Waals surface area contributed by atoms with Gasteiger partial charge in [0.15, 0.2) is 5.96 Å². The third kappa shape index (κ3) is 8.84. The van der Waals surface area contributed by atoms with Crippen LogP contribution in [0.2, 0.25) is 0 Å². The lowest BCUT2D eigenvalue weighted by Crippen LogP contribution is -2.45. The number of hydrogen-bond donors (Lipinski definition) is 3. The molecule has 1 aromatic rings. The van der Waals surface area contributed by atoms with Gasteiger partial charge in [-0.05, 0) is 38.0 Å². The van der Waals surface area contributed by atoms with Crippen molar-refractivity contribution in [2.45, 2.75) is 46.3 Å². The number of methoxy groups -OCH3 is 1. The van der Waals surface area contributed by atoms with Crippen molar-refractivity contribution in [1.82, 2.24) is 10.6 Å². The number of nitrogens with zero attached hydrogens (tertiary/aromatic N) is 1. The summed E-state index contributed by atoms with van der Waals surface area (Å²) in [6.07, 6.45) is 0.826. The molecule has 6 nitrogen and oxygen atoms in total. The highest BCUT2D eigenvalue weighted by molar-refractivity contribution is 14.0. The fourth-order valence-corrected chi connectivity index (χ4v) is 1.99. The fourth-order valence-electron chi connectivity index (χ4n) is 1.99. The van der Waals surface area contributed by atoms with Gasteiger partial charge in [0, 0.05) is 38.9 Å². The van der Waals surface area contributed by atoms with Crippen molar-refractivity contribution in [2.24, 2.45) is 10.9 Å². The molecule has 0 heterocycles. The van der Waals surface area contributed by atoms with Crippen molar-refractivity contribution in [3.63, 3.8) is 0 Å². The number of anilines is 1. The van der Waals surface area contributed by atoms with E-state index < -0.39 is 0 Å². The molecule has 1 unspecified atom stereocenters. The van der Waals surface area contributed by atoms with E-state index in [1.807, 2.05) is 52.0 Å².